The zero-order valence-electron chi connectivity index (χ0n) is 14.6. The minimum Gasteiger partial charge on any atom is -0.462 e. The topological polar surface area (TPSA) is 26.3 Å². The quantitative estimate of drug-likeness (QED) is 0.678. The van der Waals surface area contributed by atoms with Crippen LogP contribution in [0, 0.1) is 27.6 Å². The molecule has 0 aromatic carbocycles. The van der Waals surface area contributed by atoms with Gasteiger partial charge in [-0.2, -0.15) is 0 Å². The highest BCUT2D eigenvalue weighted by molar-refractivity contribution is 5.77. The molecule has 2 bridgehead atoms. The van der Waals surface area contributed by atoms with Crippen LogP contribution in [0.25, 0.3) is 0 Å². The van der Waals surface area contributed by atoms with Crippen molar-refractivity contribution in [2.75, 3.05) is 0 Å². The number of fused-ring (bicyclic) bond motifs is 2. The Morgan fingerprint density at radius 2 is 1.65 bits per heavy atom. The van der Waals surface area contributed by atoms with E-state index in [0.717, 1.165) is 6.42 Å². The Kier molecular flexibility index (Phi) is 3.36. The van der Waals surface area contributed by atoms with Crippen LogP contribution in [0.1, 0.15) is 74.7 Å². The van der Waals surface area contributed by atoms with Gasteiger partial charge < -0.3 is 4.74 Å². The first-order valence-electron chi connectivity index (χ1n) is 8.04. The normalized spacial score (nSPS) is 36.2. The molecule has 0 saturated heterocycles. The molecule has 116 valence electrons. The van der Waals surface area contributed by atoms with Gasteiger partial charge in [-0.1, -0.05) is 41.5 Å². The highest BCUT2D eigenvalue weighted by Crippen LogP contribution is 2.66. The molecule has 0 amide bonds. The molecule has 2 aliphatic carbocycles. The monoisotopic (exact) mass is 280 g/mol. The maximum Gasteiger partial charge on any atom is 0.312 e. The minimum absolute atomic E-state index is 0.0260. The first kappa shape index (κ1) is 15.9. The lowest BCUT2D eigenvalue weighted by Gasteiger charge is -2.38. The molecule has 2 saturated carbocycles. The van der Waals surface area contributed by atoms with Gasteiger partial charge in [-0.15, -0.1) is 0 Å². The van der Waals surface area contributed by atoms with Crippen molar-refractivity contribution in [3.8, 4) is 0 Å². The molecule has 0 radical (unpaired) electrons. The van der Waals surface area contributed by atoms with Crippen molar-refractivity contribution in [2.24, 2.45) is 27.6 Å². The van der Waals surface area contributed by atoms with E-state index in [1.165, 1.54) is 12.8 Å². The first-order chi connectivity index (χ1) is 8.83. The third kappa shape index (κ3) is 2.02. The van der Waals surface area contributed by atoms with Gasteiger partial charge in [0.1, 0.15) is 6.10 Å². The van der Waals surface area contributed by atoms with Crippen LogP contribution in [0.15, 0.2) is 0 Å². The molecule has 0 aromatic rings. The summed E-state index contributed by atoms with van der Waals surface area (Å²) in [7, 11) is 0. The Morgan fingerprint density at radius 1 is 1.10 bits per heavy atom. The molecule has 2 heteroatoms. The number of esters is 1. The van der Waals surface area contributed by atoms with Gasteiger partial charge in [-0.3, -0.25) is 4.79 Å². The van der Waals surface area contributed by atoms with Crippen molar-refractivity contribution in [3.05, 3.63) is 0 Å². The Bertz CT molecular complexity index is 411. The van der Waals surface area contributed by atoms with Crippen molar-refractivity contribution in [1.29, 1.82) is 0 Å². The summed E-state index contributed by atoms with van der Waals surface area (Å²) >= 11 is 0. The van der Waals surface area contributed by atoms with Crippen LogP contribution in [-0.2, 0) is 9.53 Å². The molecule has 2 nitrogen and oxygen atoms in total. The lowest BCUT2D eigenvalue weighted by Crippen LogP contribution is -2.41. The predicted molar refractivity (Wildman–Crippen MR) is 82.3 cm³/mol. The lowest BCUT2D eigenvalue weighted by atomic mass is 9.69. The number of hydrogen-bond donors (Lipinski definition) is 0. The molecule has 0 heterocycles. The Morgan fingerprint density at radius 3 is 2.00 bits per heavy atom. The summed E-state index contributed by atoms with van der Waals surface area (Å²) in [6.45, 7) is 17.4. The Hall–Kier alpha value is -0.530. The van der Waals surface area contributed by atoms with E-state index in [1.54, 1.807) is 0 Å². The summed E-state index contributed by atoms with van der Waals surface area (Å²) in [4.78, 5) is 12.6. The molecule has 2 rings (SSSR count). The molecule has 2 fully saturated rings. The number of rotatable bonds is 2. The number of ether oxygens (including phenoxy) is 1. The van der Waals surface area contributed by atoms with Crippen molar-refractivity contribution in [1.82, 2.24) is 0 Å². The summed E-state index contributed by atoms with van der Waals surface area (Å²) in [6.07, 6.45) is 3.65. The van der Waals surface area contributed by atoms with E-state index in [2.05, 4.69) is 41.5 Å². The Labute approximate surface area is 124 Å². The molecule has 3 unspecified atom stereocenters. The summed E-state index contributed by atoms with van der Waals surface area (Å²) in [5.74, 6) is 0.508. The summed E-state index contributed by atoms with van der Waals surface area (Å²) in [6, 6.07) is 0. The van der Waals surface area contributed by atoms with Crippen LogP contribution >= 0.6 is 0 Å². The highest BCUT2D eigenvalue weighted by Gasteiger charge is 2.62. The molecule has 20 heavy (non-hydrogen) atoms. The predicted octanol–water partition coefficient (Wildman–Crippen LogP) is 4.82. The van der Waals surface area contributed by atoms with Crippen LogP contribution in [0.4, 0.5) is 0 Å². The van der Waals surface area contributed by atoms with E-state index in [0.29, 0.717) is 16.7 Å². The average Bonchev–Trinajstić information content (AvgIpc) is 2.58. The minimum atomic E-state index is -0.445. The van der Waals surface area contributed by atoms with E-state index in [9.17, 15) is 4.79 Å². The molecule has 2 aliphatic rings. The molecule has 0 N–H and O–H groups in total. The fourth-order valence-electron chi connectivity index (χ4n) is 3.92. The summed E-state index contributed by atoms with van der Waals surface area (Å²) in [5, 5.41) is 0. The molecule has 0 aromatic heterocycles. The lowest BCUT2D eigenvalue weighted by molar-refractivity contribution is -0.169. The highest BCUT2D eigenvalue weighted by atomic mass is 16.5. The number of carbonyl (C=O) groups is 1. The van der Waals surface area contributed by atoms with E-state index in [-0.39, 0.29) is 17.5 Å². The molecular formula is C18H32O2. The maximum atomic E-state index is 12.6. The van der Waals surface area contributed by atoms with Gasteiger partial charge in [0.05, 0.1) is 5.41 Å². The van der Waals surface area contributed by atoms with E-state index in [1.807, 2.05) is 13.8 Å². The van der Waals surface area contributed by atoms with Crippen molar-refractivity contribution >= 4 is 5.97 Å². The Balaban J connectivity index is 2.12. The number of carbonyl (C=O) groups excluding carboxylic acids is 1. The fraction of sp³-hybridized carbons (Fsp3) is 0.944. The van der Waals surface area contributed by atoms with Crippen molar-refractivity contribution < 1.29 is 9.53 Å². The van der Waals surface area contributed by atoms with Gasteiger partial charge >= 0.3 is 5.97 Å². The smallest absolute Gasteiger partial charge is 0.312 e. The first-order valence-corrected chi connectivity index (χ1v) is 8.04. The molecule has 0 aliphatic heterocycles. The van der Waals surface area contributed by atoms with Crippen LogP contribution in [0.2, 0.25) is 0 Å². The van der Waals surface area contributed by atoms with Crippen LogP contribution < -0.4 is 0 Å². The van der Waals surface area contributed by atoms with Crippen molar-refractivity contribution in [3.63, 3.8) is 0 Å². The zero-order chi connectivity index (χ0) is 15.6. The second kappa shape index (κ2) is 4.24. The van der Waals surface area contributed by atoms with Gasteiger partial charge in [0.2, 0.25) is 0 Å². The third-order valence-electron chi connectivity index (χ3n) is 7.23. The van der Waals surface area contributed by atoms with Gasteiger partial charge in [-0.25, -0.2) is 0 Å². The van der Waals surface area contributed by atoms with Crippen LogP contribution in [-0.4, -0.2) is 12.1 Å². The van der Waals surface area contributed by atoms with Crippen LogP contribution in [0.3, 0.4) is 0 Å². The summed E-state index contributed by atoms with van der Waals surface area (Å²) in [5.41, 5.74) is 0.110. The van der Waals surface area contributed by atoms with Gasteiger partial charge in [0, 0.05) is 5.92 Å². The van der Waals surface area contributed by atoms with Gasteiger partial charge in [-0.05, 0) is 49.4 Å². The second-order valence-corrected chi connectivity index (χ2v) is 9.45. The fourth-order valence-corrected chi connectivity index (χ4v) is 3.92. The zero-order valence-corrected chi connectivity index (χ0v) is 14.6. The van der Waals surface area contributed by atoms with E-state index < -0.39 is 5.41 Å². The third-order valence-corrected chi connectivity index (χ3v) is 7.23. The molecule has 3 atom stereocenters. The second-order valence-electron chi connectivity index (χ2n) is 9.45. The van der Waals surface area contributed by atoms with Crippen LogP contribution in [0.5, 0.6) is 0 Å². The van der Waals surface area contributed by atoms with E-state index in [4.69, 9.17) is 4.74 Å². The maximum absolute atomic E-state index is 12.6. The number of hydrogen-bond acceptors (Lipinski definition) is 2. The molecule has 0 spiro atoms. The largest absolute Gasteiger partial charge is 0.462 e. The summed E-state index contributed by atoms with van der Waals surface area (Å²) < 4.78 is 6.00. The van der Waals surface area contributed by atoms with Crippen molar-refractivity contribution in [2.45, 2.75) is 80.8 Å². The average molecular weight is 280 g/mol. The SMILES string of the molecule is CC(C)(C)C(C)(C)C(=O)OC1CC2(C)CCC1C2(C)C. The molecular weight excluding hydrogens is 248 g/mol. The standard InChI is InChI=1S/C18H32O2/c1-15(2,3)17(6,7)14(19)20-13-11-18(8)10-9-12(13)16(18,4)5/h12-13H,9-11H2,1-8H3. The van der Waals surface area contributed by atoms with E-state index >= 15 is 0 Å². The van der Waals surface area contributed by atoms with Gasteiger partial charge in [0.25, 0.3) is 0 Å². The van der Waals surface area contributed by atoms with Gasteiger partial charge in [0.15, 0.2) is 0 Å².